The summed E-state index contributed by atoms with van der Waals surface area (Å²) in [5.74, 6) is -0.766. The highest BCUT2D eigenvalue weighted by molar-refractivity contribution is 5.72. The minimum atomic E-state index is -1.08. The lowest BCUT2D eigenvalue weighted by Gasteiger charge is -2.16. The number of aldehydes is 1. The average molecular weight is 623 g/mol. The molecule has 0 saturated carbocycles. The molecular weight excluding hydrogens is 548 g/mol. The van der Waals surface area contributed by atoms with Crippen molar-refractivity contribution in [3.05, 3.63) is 0 Å². The minimum Gasteiger partial charge on any atom is -0.425 e. The first-order valence-electron chi connectivity index (χ1n) is 19.5. The van der Waals surface area contributed by atoms with E-state index in [1.165, 1.54) is 154 Å². The number of ether oxygens (including phenoxy) is 2. The van der Waals surface area contributed by atoms with Gasteiger partial charge in [0.25, 0.3) is 6.29 Å². The Balaban J connectivity index is 3.61. The first-order valence-corrected chi connectivity index (χ1v) is 19.5. The maximum absolute atomic E-state index is 12.2. The first-order chi connectivity index (χ1) is 21.6. The Bertz CT molecular complexity index is 572. The fourth-order valence-electron chi connectivity index (χ4n) is 5.89. The van der Waals surface area contributed by atoms with Gasteiger partial charge in [0, 0.05) is 12.8 Å². The molecule has 0 aliphatic carbocycles. The molecule has 0 rings (SSSR count). The van der Waals surface area contributed by atoms with Crippen LogP contribution in [0.1, 0.15) is 226 Å². The second-order valence-corrected chi connectivity index (χ2v) is 13.2. The van der Waals surface area contributed by atoms with E-state index in [0.29, 0.717) is 19.1 Å². The Morgan fingerprint density at radius 3 is 0.864 bits per heavy atom. The fourth-order valence-corrected chi connectivity index (χ4v) is 5.89. The molecule has 0 bridgehead atoms. The summed E-state index contributed by atoms with van der Waals surface area (Å²) >= 11 is 0. The van der Waals surface area contributed by atoms with E-state index < -0.39 is 6.29 Å². The summed E-state index contributed by atoms with van der Waals surface area (Å²) < 4.78 is 10.6. The molecule has 0 aromatic rings. The van der Waals surface area contributed by atoms with Gasteiger partial charge in [-0.15, -0.1) is 0 Å². The predicted molar refractivity (Wildman–Crippen MR) is 186 cm³/mol. The van der Waals surface area contributed by atoms with Crippen LogP contribution >= 0.6 is 0 Å². The van der Waals surface area contributed by atoms with Crippen LogP contribution in [0.5, 0.6) is 0 Å². The largest absolute Gasteiger partial charge is 0.425 e. The lowest BCUT2D eigenvalue weighted by molar-refractivity contribution is -0.188. The van der Waals surface area contributed by atoms with Crippen molar-refractivity contribution in [1.82, 2.24) is 0 Å². The zero-order valence-electron chi connectivity index (χ0n) is 29.5. The highest BCUT2D eigenvalue weighted by atomic mass is 16.7. The third kappa shape index (κ3) is 33.5. The molecular formula is C39H74O5. The topological polar surface area (TPSA) is 69.7 Å². The summed E-state index contributed by atoms with van der Waals surface area (Å²) in [5.41, 5.74) is 0. The smallest absolute Gasteiger partial charge is 0.308 e. The summed E-state index contributed by atoms with van der Waals surface area (Å²) in [4.78, 5) is 35.5. The van der Waals surface area contributed by atoms with Crippen LogP contribution in [-0.4, -0.2) is 24.5 Å². The van der Waals surface area contributed by atoms with E-state index in [0.717, 1.165) is 38.5 Å². The second-order valence-electron chi connectivity index (χ2n) is 13.2. The molecule has 5 heteroatoms. The lowest BCUT2D eigenvalue weighted by atomic mass is 10.0. The molecule has 5 nitrogen and oxygen atoms in total. The molecule has 0 aliphatic rings. The summed E-state index contributed by atoms with van der Waals surface area (Å²) in [6.45, 7) is 4.53. The van der Waals surface area contributed by atoms with Crippen LogP contribution in [0.15, 0.2) is 0 Å². The number of esters is 2. The van der Waals surface area contributed by atoms with Crippen LogP contribution in [0.25, 0.3) is 0 Å². The zero-order valence-corrected chi connectivity index (χ0v) is 29.5. The van der Waals surface area contributed by atoms with E-state index in [-0.39, 0.29) is 18.4 Å². The molecule has 0 aliphatic heterocycles. The molecule has 0 fully saturated rings. The zero-order chi connectivity index (χ0) is 32.2. The van der Waals surface area contributed by atoms with Crippen molar-refractivity contribution < 1.29 is 23.9 Å². The predicted octanol–water partition coefficient (Wildman–Crippen LogP) is 12.5. The van der Waals surface area contributed by atoms with Crippen molar-refractivity contribution in [2.75, 3.05) is 0 Å². The molecule has 44 heavy (non-hydrogen) atoms. The molecule has 0 aromatic carbocycles. The number of rotatable bonds is 36. The van der Waals surface area contributed by atoms with Crippen LogP contribution in [0, 0.1) is 0 Å². The van der Waals surface area contributed by atoms with E-state index in [1.807, 2.05) is 0 Å². The molecule has 0 unspecified atom stereocenters. The normalized spacial score (nSPS) is 11.2. The van der Waals surface area contributed by atoms with Gasteiger partial charge in [-0.05, 0) is 12.8 Å². The van der Waals surface area contributed by atoms with Crippen molar-refractivity contribution in [2.45, 2.75) is 232 Å². The van der Waals surface area contributed by atoms with Gasteiger partial charge in [0.1, 0.15) is 6.29 Å². The molecule has 0 heterocycles. The molecule has 0 atom stereocenters. The van der Waals surface area contributed by atoms with Gasteiger partial charge in [0.2, 0.25) is 0 Å². The number of carbonyl (C=O) groups excluding carboxylic acids is 3. The maximum Gasteiger partial charge on any atom is 0.308 e. The summed E-state index contributed by atoms with van der Waals surface area (Å²) in [7, 11) is 0. The molecule has 0 spiro atoms. The second kappa shape index (κ2) is 36.1. The average Bonchev–Trinajstić information content (AvgIpc) is 3.01. The van der Waals surface area contributed by atoms with E-state index in [2.05, 4.69) is 13.8 Å². The van der Waals surface area contributed by atoms with Gasteiger partial charge in [-0.2, -0.15) is 0 Å². The van der Waals surface area contributed by atoms with E-state index in [1.54, 1.807) is 0 Å². The molecule has 0 amide bonds. The van der Waals surface area contributed by atoms with E-state index in [4.69, 9.17) is 9.47 Å². The Morgan fingerprint density at radius 2 is 0.636 bits per heavy atom. The van der Waals surface area contributed by atoms with Crippen molar-refractivity contribution >= 4 is 18.2 Å². The highest BCUT2D eigenvalue weighted by Crippen LogP contribution is 2.16. The third-order valence-electron chi connectivity index (χ3n) is 8.78. The number of hydrogen-bond donors (Lipinski definition) is 0. The molecule has 0 aromatic heterocycles. The summed E-state index contributed by atoms with van der Waals surface area (Å²) in [6, 6.07) is 0. The first kappa shape index (κ1) is 42.6. The van der Waals surface area contributed by atoms with Crippen LogP contribution < -0.4 is 0 Å². The van der Waals surface area contributed by atoms with Gasteiger partial charge in [-0.1, -0.05) is 194 Å². The van der Waals surface area contributed by atoms with Gasteiger partial charge >= 0.3 is 11.9 Å². The molecule has 260 valence electrons. The molecule has 0 radical (unpaired) electrons. The van der Waals surface area contributed by atoms with Crippen molar-refractivity contribution in [2.24, 2.45) is 0 Å². The van der Waals surface area contributed by atoms with Crippen molar-refractivity contribution in [3.8, 4) is 0 Å². The van der Waals surface area contributed by atoms with Gasteiger partial charge < -0.3 is 14.3 Å². The summed E-state index contributed by atoms with van der Waals surface area (Å²) in [6.07, 6.45) is 38.4. The monoisotopic (exact) mass is 623 g/mol. The molecule has 0 N–H and O–H groups in total. The van der Waals surface area contributed by atoms with Crippen LogP contribution in [0.3, 0.4) is 0 Å². The molecule has 0 saturated heterocycles. The minimum absolute atomic E-state index is 0.102. The Labute approximate surface area is 273 Å². The standard InChI is InChI=1S/C39H74O5/c1-3-5-7-9-11-13-15-17-19-21-23-25-27-29-31-33-37(41)43-39(35-36-40)44-38(42)34-32-30-28-26-24-22-20-18-16-14-12-10-8-6-4-2/h36,39H,3-35H2,1-2H3. The number of carbonyl (C=O) groups is 3. The quantitative estimate of drug-likeness (QED) is 0.0301. The van der Waals surface area contributed by atoms with Crippen molar-refractivity contribution in [3.63, 3.8) is 0 Å². The maximum atomic E-state index is 12.2. The van der Waals surface area contributed by atoms with Crippen LogP contribution in [-0.2, 0) is 23.9 Å². The van der Waals surface area contributed by atoms with Gasteiger partial charge in [-0.3, -0.25) is 9.59 Å². The van der Waals surface area contributed by atoms with Gasteiger partial charge in [-0.25, -0.2) is 0 Å². The lowest BCUT2D eigenvalue weighted by Crippen LogP contribution is -2.25. The Kier molecular flexibility index (Phi) is 34.9. The van der Waals surface area contributed by atoms with Gasteiger partial charge in [0.05, 0.1) is 6.42 Å². The van der Waals surface area contributed by atoms with Crippen molar-refractivity contribution in [1.29, 1.82) is 0 Å². The Morgan fingerprint density at radius 1 is 0.409 bits per heavy atom. The number of hydrogen-bond acceptors (Lipinski definition) is 5. The van der Waals surface area contributed by atoms with Crippen LogP contribution in [0.2, 0.25) is 0 Å². The van der Waals surface area contributed by atoms with E-state index >= 15 is 0 Å². The van der Waals surface area contributed by atoms with E-state index in [9.17, 15) is 14.4 Å². The summed E-state index contributed by atoms with van der Waals surface area (Å²) in [5, 5.41) is 0. The SMILES string of the molecule is CCCCCCCCCCCCCCCCCC(=O)OC(CC=O)OC(=O)CCCCCCCCCCCCCCCCC. The highest BCUT2D eigenvalue weighted by Gasteiger charge is 2.18. The van der Waals surface area contributed by atoms with Crippen LogP contribution in [0.4, 0.5) is 0 Å². The fraction of sp³-hybridized carbons (Fsp3) is 0.923. The third-order valence-corrected chi connectivity index (χ3v) is 8.78. The number of unbranched alkanes of at least 4 members (excludes halogenated alkanes) is 28. The Hall–Kier alpha value is -1.39. The van der Waals surface area contributed by atoms with Gasteiger partial charge in [0.15, 0.2) is 0 Å².